The van der Waals surface area contributed by atoms with Crippen molar-refractivity contribution in [3.8, 4) is 0 Å². The summed E-state index contributed by atoms with van der Waals surface area (Å²) in [5, 5.41) is 15.2. The first-order valence-electron chi connectivity index (χ1n) is 5.20. The summed E-state index contributed by atoms with van der Waals surface area (Å²) in [6, 6.07) is 0. The molecule has 1 aliphatic rings. The molecule has 1 unspecified atom stereocenters. The van der Waals surface area contributed by atoms with Gasteiger partial charge in [0.25, 0.3) is 5.91 Å². The standard InChI is InChI=1S/C10H14N2O2S2/c1-2-7-5-16-9(11-7)12-8(13)10(14)3-4-15-6-10/h5,14H,2-4,6H2,1H3,(H,11,12,13). The minimum atomic E-state index is -1.21. The molecule has 0 saturated carbocycles. The van der Waals surface area contributed by atoms with Gasteiger partial charge in [-0.3, -0.25) is 10.1 Å². The third-order valence-corrected chi connectivity index (χ3v) is 4.54. The molecule has 16 heavy (non-hydrogen) atoms. The lowest BCUT2D eigenvalue weighted by molar-refractivity contribution is -0.131. The Morgan fingerprint density at radius 2 is 2.56 bits per heavy atom. The zero-order chi connectivity index (χ0) is 11.6. The van der Waals surface area contributed by atoms with E-state index in [1.807, 2.05) is 12.3 Å². The van der Waals surface area contributed by atoms with Crippen LogP contribution in [0.2, 0.25) is 0 Å². The van der Waals surface area contributed by atoms with Gasteiger partial charge in [0.15, 0.2) is 10.7 Å². The van der Waals surface area contributed by atoms with E-state index >= 15 is 0 Å². The highest BCUT2D eigenvalue weighted by molar-refractivity contribution is 7.99. The molecule has 1 aromatic heterocycles. The highest BCUT2D eigenvalue weighted by Crippen LogP contribution is 2.29. The number of anilines is 1. The first-order chi connectivity index (χ1) is 7.64. The summed E-state index contributed by atoms with van der Waals surface area (Å²) < 4.78 is 0. The maximum absolute atomic E-state index is 11.8. The first kappa shape index (κ1) is 11.9. The van der Waals surface area contributed by atoms with Crippen LogP contribution >= 0.6 is 23.1 Å². The molecule has 2 heterocycles. The van der Waals surface area contributed by atoms with Crippen LogP contribution in [0.4, 0.5) is 5.13 Å². The second-order valence-corrected chi connectivity index (χ2v) is 5.75. The summed E-state index contributed by atoms with van der Waals surface area (Å²) >= 11 is 3.00. The van der Waals surface area contributed by atoms with Crippen molar-refractivity contribution in [2.45, 2.75) is 25.4 Å². The number of aliphatic hydroxyl groups is 1. The minimum absolute atomic E-state index is 0.325. The van der Waals surface area contributed by atoms with E-state index in [0.29, 0.717) is 17.3 Å². The van der Waals surface area contributed by atoms with E-state index in [-0.39, 0.29) is 5.91 Å². The third kappa shape index (κ3) is 2.39. The van der Waals surface area contributed by atoms with Gasteiger partial charge < -0.3 is 5.11 Å². The fourth-order valence-corrected chi connectivity index (χ4v) is 3.50. The maximum atomic E-state index is 11.8. The topological polar surface area (TPSA) is 62.2 Å². The molecule has 1 atom stereocenters. The average molecular weight is 258 g/mol. The van der Waals surface area contributed by atoms with Gasteiger partial charge in [-0.05, 0) is 18.6 Å². The van der Waals surface area contributed by atoms with Crippen LogP contribution in [-0.4, -0.2) is 33.1 Å². The molecular weight excluding hydrogens is 244 g/mol. The number of thioether (sulfide) groups is 1. The number of hydrogen-bond acceptors (Lipinski definition) is 5. The lowest BCUT2D eigenvalue weighted by Crippen LogP contribution is -2.42. The number of carbonyl (C=O) groups excluding carboxylic acids is 1. The Hall–Kier alpha value is -0.590. The van der Waals surface area contributed by atoms with Crippen molar-refractivity contribution in [3.63, 3.8) is 0 Å². The zero-order valence-electron chi connectivity index (χ0n) is 9.02. The molecule has 0 spiro atoms. The molecule has 0 aliphatic carbocycles. The highest BCUT2D eigenvalue weighted by Gasteiger charge is 2.39. The van der Waals surface area contributed by atoms with Crippen LogP contribution in [0.1, 0.15) is 19.0 Å². The van der Waals surface area contributed by atoms with E-state index in [4.69, 9.17) is 0 Å². The van der Waals surface area contributed by atoms with Crippen LogP contribution in [0, 0.1) is 0 Å². The molecule has 2 rings (SSSR count). The van der Waals surface area contributed by atoms with E-state index < -0.39 is 5.60 Å². The predicted octanol–water partition coefficient (Wildman–Crippen LogP) is 1.51. The number of nitrogens with zero attached hydrogens (tertiary/aromatic N) is 1. The normalized spacial score (nSPS) is 24.6. The molecule has 0 aromatic carbocycles. The number of amides is 1. The lowest BCUT2D eigenvalue weighted by atomic mass is 10.0. The van der Waals surface area contributed by atoms with Crippen molar-refractivity contribution < 1.29 is 9.90 Å². The number of hydrogen-bond donors (Lipinski definition) is 2. The Kier molecular flexibility index (Phi) is 3.51. The van der Waals surface area contributed by atoms with Crippen molar-refractivity contribution in [1.29, 1.82) is 0 Å². The first-order valence-corrected chi connectivity index (χ1v) is 7.23. The zero-order valence-corrected chi connectivity index (χ0v) is 10.7. The minimum Gasteiger partial charge on any atom is -0.379 e. The predicted molar refractivity (Wildman–Crippen MR) is 67.0 cm³/mol. The number of thiazole rings is 1. The Morgan fingerprint density at radius 1 is 1.75 bits per heavy atom. The average Bonchev–Trinajstić information content (AvgIpc) is 2.88. The van der Waals surface area contributed by atoms with E-state index in [0.717, 1.165) is 17.9 Å². The monoisotopic (exact) mass is 258 g/mol. The van der Waals surface area contributed by atoms with E-state index in [2.05, 4.69) is 10.3 Å². The fraction of sp³-hybridized carbons (Fsp3) is 0.600. The van der Waals surface area contributed by atoms with Gasteiger partial charge in [0.05, 0.1) is 5.69 Å². The number of aromatic nitrogens is 1. The molecule has 6 heteroatoms. The second-order valence-electron chi connectivity index (χ2n) is 3.79. The lowest BCUT2D eigenvalue weighted by Gasteiger charge is -2.18. The molecule has 0 bridgehead atoms. The Bertz CT molecular complexity index is 386. The molecule has 1 aromatic rings. The fourth-order valence-electron chi connectivity index (χ4n) is 1.47. The molecule has 0 radical (unpaired) electrons. The van der Waals surface area contributed by atoms with Gasteiger partial charge in [-0.1, -0.05) is 6.92 Å². The summed E-state index contributed by atoms with van der Waals surface area (Å²) in [5.41, 5.74) is -0.240. The SMILES string of the molecule is CCc1csc(NC(=O)C2(O)CCSC2)n1. The molecule has 2 N–H and O–H groups in total. The second kappa shape index (κ2) is 4.73. The van der Waals surface area contributed by atoms with E-state index in [1.165, 1.54) is 11.3 Å². The Labute approximate surface area is 102 Å². The molecule has 88 valence electrons. The van der Waals surface area contributed by atoms with Gasteiger partial charge in [0, 0.05) is 11.1 Å². The molecular formula is C10H14N2O2S2. The molecule has 1 aliphatic heterocycles. The molecule has 1 fully saturated rings. The molecule has 4 nitrogen and oxygen atoms in total. The van der Waals surface area contributed by atoms with Crippen molar-refractivity contribution in [2.75, 3.05) is 16.8 Å². The Balaban J connectivity index is 2.01. The van der Waals surface area contributed by atoms with Crippen molar-refractivity contribution >= 4 is 34.1 Å². The van der Waals surface area contributed by atoms with E-state index in [9.17, 15) is 9.90 Å². The summed E-state index contributed by atoms with van der Waals surface area (Å²) in [5.74, 6) is 0.988. The third-order valence-electron chi connectivity index (χ3n) is 2.56. The Morgan fingerprint density at radius 3 is 3.12 bits per heavy atom. The summed E-state index contributed by atoms with van der Waals surface area (Å²) in [6.45, 7) is 2.02. The van der Waals surface area contributed by atoms with Crippen molar-refractivity contribution in [2.24, 2.45) is 0 Å². The van der Waals surface area contributed by atoms with Crippen LogP contribution in [-0.2, 0) is 11.2 Å². The number of aryl methyl sites for hydroxylation is 1. The van der Waals surface area contributed by atoms with Crippen molar-refractivity contribution in [3.05, 3.63) is 11.1 Å². The summed E-state index contributed by atoms with van der Waals surface area (Å²) in [7, 11) is 0. The number of carbonyl (C=O) groups is 1. The van der Waals surface area contributed by atoms with Gasteiger partial charge in [-0.2, -0.15) is 11.8 Å². The van der Waals surface area contributed by atoms with Crippen LogP contribution in [0.5, 0.6) is 0 Å². The van der Waals surface area contributed by atoms with Gasteiger partial charge in [0.2, 0.25) is 0 Å². The van der Waals surface area contributed by atoms with Gasteiger partial charge in [-0.25, -0.2) is 4.98 Å². The van der Waals surface area contributed by atoms with Crippen LogP contribution in [0.3, 0.4) is 0 Å². The van der Waals surface area contributed by atoms with E-state index in [1.54, 1.807) is 11.8 Å². The summed E-state index contributed by atoms with van der Waals surface area (Å²) in [4.78, 5) is 16.1. The number of nitrogens with one attached hydrogen (secondary N) is 1. The summed E-state index contributed by atoms with van der Waals surface area (Å²) in [6.07, 6.45) is 1.38. The van der Waals surface area contributed by atoms with Gasteiger partial charge in [-0.15, -0.1) is 11.3 Å². The van der Waals surface area contributed by atoms with Crippen LogP contribution in [0.15, 0.2) is 5.38 Å². The number of rotatable bonds is 3. The smallest absolute Gasteiger partial charge is 0.259 e. The van der Waals surface area contributed by atoms with Crippen LogP contribution < -0.4 is 5.32 Å². The van der Waals surface area contributed by atoms with Gasteiger partial charge >= 0.3 is 0 Å². The quantitative estimate of drug-likeness (QED) is 0.862. The van der Waals surface area contributed by atoms with Gasteiger partial charge in [0.1, 0.15) is 0 Å². The highest BCUT2D eigenvalue weighted by atomic mass is 32.2. The van der Waals surface area contributed by atoms with Crippen LogP contribution in [0.25, 0.3) is 0 Å². The largest absolute Gasteiger partial charge is 0.379 e. The van der Waals surface area contributed by atoms with Crippen molar-refractivity contribution in [1.82, 2.24) is 4.98 Å². The molecule has 1 saturated heterocycles. The molecule has 1 amide bonds. The maximum Gasteiger partial charge on any atom is 0.259 e.